The van der Waals surface area contributed by atoms with Crippen LogP contribution in [0.4, 0.5) is 21.7 Å². The lowest BCUT2D eigenvalue weighted by Crippen LogP contribution is -2.21. The third-order valence-corrected chi connectivity index (χ3v) is 1.05. The molecule has 0 fully saturated rings. The molecule has 0 aromatic carbocycles. The second kappa shape index (κ2) is 5.01. The van der Waals surface area contributed by atoms with Crippen molar-refractivity contribution in [1.29, 1.82) is 0 Å². The van der Waals surface area contributed by atoms with E-state index in [1.165, 1.54) is 12.3 Å². The Bertz CT molecular complexity index is 238. The smallest absolute Gasteiger partial charge is 0.418 e. The van der Waals surface area contributed by atoms with E-state index in [1.54, 1.807) is 12.1 Å². The number of pyridine rings is 1. The third-order valence-electron chi connectivity index (χ3n) is 0.766. The summed E-state index contributed by atoms with van der Waals surface area (Å²) < 4.78 is 51.1. The Morgan fingerprint density at radius 2 is 1.62 bits per heavy atom. The molecule has 0 N–H and O–H groups in total. The van der Waals surface area contributed by atoms with E-state index < -0.39 is 7.25 Å². The number of hydrogen-bond donors (Lipinski definition) is 0. The maximum atomic E-state index is 12.1. The van der Waals surface area contributed by atoms with E-state index in [2.05, 4.69) is 0 Å². The van der Waals surface area contributed by atoms with Crippen LogP contribution in [0.15, 0.2) is 24.4 Å². The summed E-state index contributed by atoms with van der Waals surface area (Å²) in [6, 6.07) is 4.70. The summed E-state index contributed by atoms with van der Waals surface area (Å²) in [6.45, 7) is 0. The molecular formula is C5H4BClF5N. The maximum absolute atomic E-state index is 12.1. The number of nitrogens with zero attached hydrogens (tertiary/aromatic N) is 1. The van der Waals surface area contributed by atoms with Gasteiger partial charge in [0.2, 0.25) is 6.20 Å². The van der Waals surface area contributed by atoms with E-state index >= 15 is 0 Å². The van der Waals surface area contributed by atoms with E-state index in [4.69, 9.17) is 11.6 Å². The van der Waals surface area contributed by atoms with Gasteiger partial charge in [-0.3, -0.25) is 0 Å². The molecule has 8 heteroatoms. The van der Waals surface area contributed by atoms with Crippen LogP contribution in [0, 0.1) is 0 Å². The average molecular weight is 219 g/mol. The molecule has 0 aliphatic heterocycles. The molecule has 0 aliphatic carbocycles. The Morgan fingerprint density at radius 3 is 1.85 bits per heavy atom. The van der Waals surface area contributed by atoms with Crippen LogP contribution in [0.1, 0.15) is 0 Å². The highest BCUT2D eigenvalue weighted by Gasteiger charge is 2.20. The Balaban J connectivity index is 0.000000252. The molecule has 0 bridgehead atoms. The summed E-state index contributed by atoms with van der Waals surface area (Å²) in [4.78, 5) is 0.349. The Hall–Kier alpha value is -0.845. The van der Waals surface area contributed by atoms with E-state index in [1.807, 2.05) is 0 Å². The maximum Gasteiger partial charge on any atom is 0.673 e. The van der Waals surface area contributed by atoms with Gasteiger partial charge in [0.05, 0.1) is 4.48 Å². The zero-order chi connectivity index (χ0) is 10.5. The van der Waals surface area contributed by atoms with E-state index in [9.17, 15) is 21.7 Å². The summed E-state index contributed by atoms with van der Waals surface area (Å²) >= 11 is 5.30. The quantitative estimate of drug-likeness (QED) is 0.359. The third kappa shape index (κ3) is 9.07. The summed E-state index contributed by atoms with van der Waals surface area (Å²) in [7, 11) is -6.00. The van der Waals surface area contributed by atoms with Gasteiger partial charge in [-0.25, -0.2) is 0 Å². The van der Waals surface area contributed by atoms with Crippen LogP contribution in [-0.2, 0) is 0 Å². The van der Waals surface area contributed by atoms with Gasteiger partial charge in [0, 0.05) is 16.9 Å². The molecule has 0 saturated carbocycles. The first-order chi connectivity index (χ1) is 5.80. The minimum atomic E-state index is -6.00. The largest absolute Gasteiger partial charge is 0.673 e. The fourth-order valence-corrected chi connectivity index (χ4v) is 0.532. The first kappa shape index (κ1) is 12.2. The van der Waals surface area contributed by atoms with Crippen molar-refractivity contribution in [3.05, 3.63) is 29.5 Å². The van der Waals surface area contributed by atoms with Crippen LogP contribution >= 0.6 is 11.6 Å². The Kier molecular flexibility index (Phi) is 4.68. The number of halogens is 6. The number of hydrogen-bond acceptors (Lipinski definition) is 0. The van der Waals surface area contributed by atoms with Crippen LogP contribution in [0.25, 0.3) is 0 Å². The molecule has 0 unspecified atom stereocenters. The van der Waals surface area contributed by atoms with Gasteiger partial charge < -0.3 is 17.3 Å². The van der Waals surface area contributed by atoms with Crippen LogP contribution in [0.5, 0.6) is 0 Å². The predicted octanol–water partition coefficient (Wildman–Crippen LogP) is 2.66. The molecule has 0 saturated heterocycles. The van der Waals surface area contributed by atoms with Crippen molar-refractivity contribution in [3.8, 4) is 0 Å². The van der Waals surface area contributed by atoms with Crippen molar-refractivity contribution in [3.63, 3.8) is 0 Å². The van der Waals surface area contributed by atoms with Gasteiger partial charge in [-0.1, -0.05) is 0 Å². The SMILES string of the molecule is F[B-](F)(F)F.F[n+]1ccccc1Cl. The van der Waals surface area contributed by atoms with Crippen LogP contribution < -0.4 is 4.79 Å². The highest BCUT2D eigenvalue weighted by molar-refractivity contribution is 6.50. The zero-order valence-corrected chi connectivity index (χ0v) is 6.86. The molecule has 0 radical (unpaired) electrons. The lowest BCUT2D eigenvalue weighted by molar-refractivity contribution is -0.841. The van der Waals surface area contributed by atoms with Crippen LogP contribution in [0.3, 0.4) is 0 Å². The lowest BCUT2D eigenvalue weighted by atomic mass is 10.3. The summed E-state index contributed by atoms with van der Waals surface area (Å²) in [6.07, 6.45) is 1.24. The topological polar surface area (TPSA) is 3.88 Å². The molecule has 1 nitrogen and oxygen atoms in total. The molecule has 0 spiro atoms. The highest BCUT2D eigenvalue weighted by Crippen LogP contribution is 2.06. The zero-order valence-electron chi connectivity index (χ0n) is 6.10. The van der Waals surface area contributed by atoms with Crippen molar-refractivity contribution in [1.82, 2.24) is 0 Å². The molecular weight excluding hydrogens is 215 g/mol. The van der Waals surface area contributed by atoms with Crippen molar-refractivity contribution in [2.45, 2.75) is 0 Å². The Labute approximate surface area is 75.8 Å². The molecule has 0 aliphatic rings. The molecule has 1 heterocycles. The first-order valence-electron chi connectivity index (χ1n) is 3.00. The van der Waals surface area contributed by atoms with Gasteiger partial charge in [0.15, 0.2) is 0 Å². The monoisotopic (exact) mass is 219 g/mol. The summed E-state index contributed by atoms with van der Waals surface area (Å²) in [5.41, 5.74) is 0. The van der Waals surface area contributed by atoms with Gasteiger partial charge in [-0.05, 0) is 17.7 Å². The van der Waals surface area contributed by atoms with Gasteiger partial charge in [0.25, 0.3) is 0 Å². The van der Waals surface area contributed by atoms with Gasteiger partial charge in [-0.2, -0.15) is 0 Å². The predicted molar refractivity (Wildman–Crippen MR) is 38.3 cm³/mol. The fraction of sp³-hybridized carbons (Fsp3) is 0. The molecule has 0 amide bonds. The van der Waals surface area contributed by atoms with E-state index in [-0.39, 0.29) is 5.15 Å². The Morgan fingerprint density at radius 1 is 1.15 bits per heavy atom. The highest BCUT2D eigenvalue weighted by atomic mass is 35.5. The van der Waals surface area contributed by atoms with E-state index in [0.717, 1.165) is 0 Å². The molecule has 1 aromatic rings. The second-order valence-electron chi connectivity index (χ2n) is 1.83. The van der Waals surface area contributed by atoms with Gasteiger partial charge in [-0.15, -0.1) is 0 Å². The minimum absolute atomic E-state index is 0.0903. The van der Waals surface area contributed by atoms with Crippen molar-refractivity contribution in [2.24, 2.45) is 0 Å². The standard InChI is InChI=1S/C5H4ClFN.BF4/c6-5-3-1-2-4-8(5)7;2-1(3,4)5/h1-4H;/q+1;-1. The number of aromatic nitrogens is 1. The van der Waals surface area contributed by atoms with Crippen molar-refractivity contribution >= 4 is 18.9 Å². The van der Waals surface area contributed by atoms with Crippen LogP contribution in [-0.4, -0.2) is 7.25 Å². The van der Waals surface area contributed by atoms with Crippen LogP contribution in [0.2, 0.25) is 5.15 Å². The summed E-state index contributed by atoms with van der Waals surface area (Å²) in [5.74, 6) is 0. The van der Waals surface area contributed by atoms with Gasteiger partial charge in [0.1, 0.15) is 0 Å². The fourth-order valence-electron chi connectivity index (χ4n) is 0.403. The first-order valence-corrected chi connectivity index (χ1v) is 3.38. The molecule has 74 valence electrons. The van der Waals surface area contributed by atoms with Crippen molar-refractivity contribution < 1.29 is 26.5 Å². The number of rotatable bonds is 0. The molecule has 0 atom stereocenters. The second-order valence-corrected chi connectivity index (χ2v) is 2.22. The minimum Gasteiger partial charge on any atom is -0.418 e. The van der Waals surface area contributed by atoms with Gasteiger partial charge >= 0.3 is 12.4 Å². The average Bonchev–Trinajstić information content (AvgIpc) is 1.92. The molecule has 1 rings (SSSR count). The van der Waals surface area contributed by atoms with E-state index in [0.29, 0.717) is 4.79 Å². The molecule has 13 heavy (non-hydrogen) atoms. The lowest BCUT2D eigenvalue weighted by Gasteiger charge is -1.94. The molecule has 1 aromatic heterocycles. The summed E-state index contributed by atoms with van der Waals surface area (Å²) in [5, 5.41) is 0.0903. The van der Waals surface area contributed by atoms with Crippen molar-refractivity contribution in [2.75, 3.05) is 0 Å². The normalized spacial score (nSPS) is 10.3.